The number of nitrogens with one attached hydrogen (secondary N) is 1. The van der Waals surface area contributed by atoms with Crippen molar-refractivity contribution in [1.29, 1.82) is 0 Å². The Hall–Kier alpha value is -1.23. The van der Waals surface area contributed by atoms with E-state index in [9.17, 15) is 19.2 Å². The zero-order valence-electron chi connectivity index (χ0n) is 16.0. The van der Waals surface area contributed by atoms with Crippen molar-refractivity contribution in [2.75, 3.05) is 19.5 Å². The standard InChI is InChI=1S/C12H13NO4.2C2H4O2.2Hg/c1-8(14)6-12(15)13-10-7-9(16-2)4-5-11(10)17-3;2*1-2(3)4;;/h5H,6H2,1-3H3,(H,13,15);2*1H3,(H,3,4);;/q;;;2*+1/p-2. The molecular formula is C16H19Hg2NO8. The third-order valence-corrected chi connectivity index (χ3v) is 14.6. The van der Waals surface area contributed by atoms with Crippen molar-refractivity contribution in [3.63, 3.8) is 0 Å². The van der Waals surface area contributed by atoms with E-state index >= 15 is 0 Å². The second kappa shape index (κ2) is 11.6. The van der Waals surface area contributed by atoms with Gasteiger partial charge >= 0.3 is 184 Å². The molecule has 0 radical (unpaired) electrons. The van der Waals surface area contributed by atoms with Gasteiger partial charge in [-0.1, -0.05) is 0 Å². The van der Waals surface area contributed by atoms with Crippen molar-refractivity contribution in [1.82, 2.24) is 0 Å². The molecule has 1 aromatic rings. The summed E-state index contributed by atoms with van der Waals surface area (Å²) in [6, 6.07) is 1.66. The van der Waals surface area contributed by atoms with E-state index in [-0.39, 0.29) is 18.2 Å². The molecule has 27 heavy (non-hydrogen) atoms. The Labute approximate surface area is 182 Å². The van der Waals surface area contributed by atoms with Gasteiger partial charge < -0.3 is 0 Å². The Bertz CT molecular complexity index is 750. The number of ether oxygens (including phenoxy) is 2. The third-order valence-electron chi connectivity index (χ3n) is 3.37. The summed E-state index contributed by atoms with van der Waals surface area (Å²) in [6.45, 7) is 3.95. The number of carbonyl (C=O) groups is 4. The summed E-state index contributed by atoms with van der Waals surface area (Å²) in [5, 5.41) is 2.67. The van der Waals surface area contributed by atoms with Crippen LogP contribution >= 0.6 is 0 Å². The quantitative estimate of drug-likeness (QED) is 0.277. The number of anilines is 1. The Morgan fingerprint density at radius 2 is 1.56 bits per heavy atom. The van der Waals surface area contributed by atoms with Crippen LogP contribution in [0.2, 0.25) is 0 Å². The molecule has 0 atom stereocenters. The summed E-state index contributed by atoms with van der Waals surface area (Å²) in [7, 11) is 2.89. The van der Waals surface area contributed by atoms with Crippen molar-refractivity contribution in [3.8, 4) is 11.5 Å². The number of hydrogen-bond donors (Lipinski definition) is 1. The fourth-order valence-corrected chi connectivity index (χ4v) is 15.3. The number of benzene rings is 1. The van der Waals surface area contributed by atoms with Gasteiger partial charge in [-0.3, -0.25) is 0 Å². The molecule has 0 unspecified atom stereocenters. The monoisotopic (exact) mass is 757 g/mol. The third kappa shape index (κ3) is 7.73. The van der Waals surface area contributed by atoms with E-state index in [0.29, 0.717) is 20.3 Å². The van der Waals surface area contributed by atoms with Crippen molar-refractivity contribution >= 4 is 35.5 Å². The van der Waals surface area contributed by atoms with Gasteiger partial charge in [0.2, 0.25) is 0 Å². The van der Waals surface area contributed by atoms with Crippen LogP contribution in [0.15, 0.2) is 6.07 Å². The molecule has 0 fully saturated rings. The van der Waals surface area contributed by atoms with Crippen molar-refractivity contribution in [2.24, 2.45) is 0 Å². The second-order valence-corrected chi connectivity index (χ2v) is 15.8. The molecule has 1 rings (SSSR count). The van der Waals surface area contributed by atoms with Gasteiger partial charge in [-0.15, -0.1) is 0 Å². The summed E-state index contributed by atoms with van der Waals surface area (Å²) in [6.07, 6.45) is -0.287. The number of Topliss-reactive ketones (excluding diaryl/α,β-unsaturated/α-hetero) is 1. The fraction of sp³-hybridized carbons (Fsp3) is 0.375. The Morgan fingerprint density at radius 1 is 0.963 bits per heavy atom. The minimum atomic E-state index is -2.52. The zero-order chi connectivity index (χ0) is 20.6. The molecule has 0 saturated carbocycles. The fourth-order valence-electron chi connectivity index (χ4n) is 2.31. The molecule has 140 valence electrons. The number of methoxy groups -OCH3 is 2. The maximum absolute atomic E-state index is 12.1. The molecule has 1 N–H and O–H groups in total. The Morgan fingerprint density at radius 3 is 2.04 bits per heavy atom. The van der Waals surface area contributed by atoms with Crippen molar-refractivity contribution in [3.05, 3.63) is 6.07 Å². The van der Waals surface area contributed by atoms with Gasteiger partial charge in [0.05, 0.1) is 0 Å². The van der Waals surface area contributed by atoms with E-state index in [0.717, 1.165) is 3.07 Å². The molecule has 0 aliphatic heterocycles. The van der Waals surface area contributed by atoms with Crippen LogP contribution in [0.3, 0.4) is 0 Å². The van der Waals surface area contributed by atoms with Crippen LogP contribution in [-0.2, 0) is 74.5 Å². The topological polar surface area (TPSA) is 117 Å². The zero-order valence-corrected chi connectivity index (χ0v) is 27.0. The number of ketones is 1. The summed E-state index contributed by atoms with van der Waals surface area (Å²) in [5.74, 6) is -0.779. The number of hydrogen-bond acceptors (Lipinski definition) is 8. The first-order valence-electron chi connectivity index (χ1n) is 8.02. The van der Waals surface area contributed by atoms with Crippen LogP contribution in [0.25, 0.3) is 0 Å². The molecule has 0 aliphatic rings. The molecule has 0 aromatic heterocycles. The molecule has 0 aliphatic carbocycles. The van der Waals surface area contributed by atoms with Gasteiger partial charge in [-0.05, 0) is 0 Å². The molecule has 0 saturated heterocycles. The number of carbonyl (C=O) groups excluding carboxylic acids is 4. The predicted octanol–water partition coefficient (Wildman–Crippen LogP) is -0.00680. The van der Waals surface area contributed by atoms with Crippen LogP contribution in [0.5, 0.6) is 11.5 Å². The minimum absolute atomic E-state index is 0.284. The molecule has 0 bridgehead atoms. The Kier molecular flexibility index (Phi) is 10.2. The molecule has 9 nitrogen and oxygen atoms in total. The summed E-state index contributed by atoms with van der Waals surface area (Å²) < 4.78 is 22.8. The van der Waals surface area contributed by atoms with Crippen LogP contribution < -0.4 is 20.9 Å². The molecular weight excluding hydrogens is 735 g/mol. The Balaban J connectivity index is 3.46. The van der Waals surface area contributed by atoms with E-state index in [2.05, 4.69) is 5.32 Å². The molecule has 0 spiro atoms. The van der Waals surface area contributed by atoms with Crippen LogP contribution in [0.4, 0.5) is 5.69 Å². The van der Waals surface area contributed by atoms with Gasteiger partial charge in [0.15, 0.2) is 0 Å². The molecule has 0 heterocycles. The van der Waals surface area contributed by atoms with E-state index < -0.39 is 61.9 Å². The van der Waals surface area contributed by atoms with E-state index in [1.54, 1.807) is 6.07 Å². The second-order valence-electron chi connectivity index (χ2n) is 5.61. The molecule has 11 heteroatoms. The van der Waals surface area contributed by atoms with Crippen LogP contribution in [0.1, 0.15) is 27.2 Å². The first-order valence-corrected chi connectivity index (χ1v) is 18.0. The normalized spacial score (nSPS) is 9.37. The van der Waals surface area contributed by atoms with Crippen molar-refractivity contribution < 1.29 is 84.0 Å². The molecule has 1 amide bonds. The maximum atomic E-state index is 12.1. The average Bonchev–Trinajstić information content (AvgIpc) is 2.57. The van der Waals surface area contributed by atoms with Gasteiger partial charge in [0.25, 0.3) is 0 Å². The summed E-state index contributed by atoms with van der Waals surface area (Å²) in [5.41, 5.74) is 0.337. The predicted molar refractivity (Wildman–Crippen MR) is 86.3 cm³/mol. The summed E-state index contributed by atoms with van der Waals surface area (Å²) >= 11 is -4.84. The van der Waals surface area contributed by atoms with Gasteiger partial charge in [0.1, 0.15) is 0 Å². The molecule has 1 aromatic carbocycles. The van der Waals surface area contributed by atoms with Gasteiger partial charge in [-0.2, -0.15) is 0 Å². The van der Waals surface area contributed by atoms with E-state index in [1.165, 1.54) is 35.0 Å². The SMILES string of the molecule is COc1c[c]([Hg][O]C(C)=O)c(OC)[c]([Hg][O]C(C)=O)c1NC(=O)CC(C)=O. The van der Waals surface area contributed by atoms with E-state index in [4.69, 9.17) is 14.8 Å². The first kappa shape index (κ1) is 23.8. The number of rotatable bonds is 9. The van der Waals surface area contributed by atoms with Crippen molar-refractivity contribution in [2.45, 2.75) is 27.2 Å². The average molecular weight is 755 g/mol. The van der Waals surface area contributed by atoms with Crippen LogP contribution in [-0.4, -0.2) is 37.8 Å². The van der Waals surface area contributed by atoms with Gasteiger partial charge in [-0.25, -0.2) is 0 Å². The number of amides is 1. The van der Waals surface area contributed by atoms with Gasteiger partial charge in [0, 0.05) is 0 Å². The summed E-state index contributed by atoms with van der Waals surface area (Å²) in [4.78, 5) is 45.9. The first-order chi connectivity index (χ1) is 12.7. The van der Waals surface area contributed by atoms with Crippen LogP contribution in [0, 0.1) is 0 Å². The van der Waals surface area contributed by atoms with E-state index in [1.807, 2.05) is 0 Å².